The number of hydrogen-bond donors (Lipinski definition) is 1. The quantitative estimate of drug-likeness (QED) is 0.851. The summed E-state index contributed by atoms with van der Waals surface area (Å²) in [7, 11) is 0. The molecule has 1 aliphatic heterocycles. The van der Waals surface area contributed by atoms with Crippen molar-refractivity contribution in [2.24, 2.45) is 5.73 Å². The third-order valence-corrected chi connectivity index (χ3v) is 3.34. The molecule has 0 aromatic heterocycles. The molecule has 1 aliphatic rings. The molecule has 0 radical (unpaired) electrons. The molecule has 1 unspecified atom stereocenters. The van der Waals surface area contributed by atoms with Crippen LogP contribution >= 0.6 is 15.9 Å². The van der Waals surface area contributed by atoms with E-state index in [2.05, 4.69) is 20.8 Å². The predicted octanol–water partition coefficient (Wildman–Crippen LogP) is 2.52. The van der Waals surface area contributed by atoms with Crippen LogP contribution in [0.25, 0.3) is 0 Å². The number of anilines is 1. The van der Waals surface area contributed by atoms with E-state index in [1.807, 2.05) is 0 Å². The summed E-state index contributed by atoms with van der Waals surface area (Å²) in [4.78, 5) is 2.21. The van der Waals surface area contributed by atoms with Crippen molar-refractivity contribution in [1.29, 1.82) is 0 Å². The van der Waals surface area contributed by atoms with Gasteiger partial charge < -0.3 is 10.6 Å². The summed E-state index contributed by atoms with van der Waals surface area (Å²) in [6.45, 7) is 1.85. The van der Waals surface area contributed by atoms with Gasteiger partial charge in [0.2, 0.25) is 0 Å². The van der Waals surface area contributed by atoms with Crippen LogP contribution in [0.3, 0.4) is 0 Å². The van der Waals surface area contributed by atoms with E-state index in [-0.39, 0.29) is 11.9 Å². The van der Waals surface area contributed by atoms with Crippen LogP contribution in [0.4, 0.5) is 10.1 Å². The first-order chi connectivity index (χ1) is 7.16. The van der Waals surface area contributed by atoms with Crippen molar-refractivity contribution in [2.45, 2.75) is 18.9 Å². The van der Waals surface area contributed by atoms with E-state index in [0.717, 1.165) is 36.1 Å². The van der Waals surface area contributed by atoms with Gasteiger partial charge in [-0.3, -0.25) is 0 Å². The van der Waals surface area contributed by atoms with Gasteiger partial charge in [-0.1, -0.05) is 0 Å². The maximum Gasteiger partial charge on any atom is 0.124 e. The molecule has 0 amide bonds. The summed E-state index contributed by atoms with van der Waals surface area (Å²) in [6, 6.07) is 5.02. The largest absolute Gasteiger partial charge is 0.369 e. The Morgan fingerprint density at radius 3 is 2.93 bits per heavy atom. The fourth-order valence-corrected chi connectivity index (χ4v) is 2.57. The molecule has 2 N–H and O–H groups in total. The molecule has 0 spiro atoms. The first kappa shape index (κ1) is 10.9. The van der Waals surface area contributed by atoms with Crippen molar-refractivity contribution in [2.75, 3.05) is 18.0 Å². The van der Waals surface area contributed by atoms with Gasteiger partial charge in [0.05, 0.1) is 5.69 Å². The van der Waals surface area contributed by atoms with Crippen LogP contribution in [0.1, 0.15) is 12.8 Å². The monoisotopic (exact) mass is 272 g/mol. The van der Waals surface area contributed by atoms with Crippen LogP contribution in [0.2, 0.25) is 0 Å². The van der Waals surface area contributed by atoms with Gasteiger partial charge in [-0.25, -0.2) is 4.39 Å². The van der Waals surface area contributed by atoms with E-state index in [4.69, 9.17) is 5.73 Å². The molecule has 2 rings (SSSR count). The summed E-state index contributed by atoms with van der Waals surface area (Å²) in [5.41, 5.74) is 6.95. The lowest BCUT2D eigenvalue weighted by Crippen LogP contribution is -2.42. The Morgan fingerprint density at radius 1 is 1.47 bits per heavy atom. The fraction of sp³-hybridized carbons (Fsp3) is 0.455. The molecular formula is C11H14BrFN2. The average Bonchev–Trinajstić information content (AvgIpc) is 2.17. The fourth-order valence-electron chi connectivity index (χ4n) is 1.97. The van der Waals surface area contributed by atoms with Gasteiger partial charge in [-0.2, -0.15) is 0 Å². The van der Waals surface area contributed by atoms with Crippen LogP contribution in [-0.2, 0) is 0 Å². The molecule has 1 heterocycles. The predicted molar refractivity (Wildman–Crippen MR) is 63.5 cm³/mol. The summed E-state index contributed by atoms with van der Waals surface area (Å²) >= 11 is 3.38. The highest BCUT2D eigenvalue weighted by Crippen LogP contribution is 2.28. The summed E-state index contributed by atoms with van der Waals surface area (Å²) in [5.74, 6) is -0.216. The lowest BCUT2D eigenvalue weighted by atomic mass is 10.1. The van der Waals surface area contributed by atoms with Gasteiger partial charge >= 0.3 is 0 Å². The minimum absolute atomic E-state index is 0.216. The average molecular weight is 273 g/mol. The van der Waals surface area contributed by atoms with Crippen LogP contribution < -0.4 is 10.6 Å². The van der Waals surface area contributed by atoms with E-state index in [0.29, 0.717) is 0 Å². The second-order valence-electron chi connectivity index (χ2n) is 3.94. The maximum absolute atomic E-state index is 12.9. The van der Waals surface area contributed by atoms with Gasteiger partial charge in [-0.05, 0) is 47.0 Å². The van der Waals surface area contributed by atoms with Gasteiger partial charge in [0.1, 0.15) is 5.82 Å². The lowest BCUT2D eigenvalue weighted by molar-refractivity contribution is 0.505. The second kappa shape index (κ2) is 4.49. The number of nitrogens with two attached hydrogens (primary N) is 1. The molecule has 0 saturated carbocycles. The zero-order valence-electron chi connectivity index (χ0n) is 8.42. The minimum atomic E-state index is -0.216. The van der Waals surface area contributed by atoms with Gasteiger partial charge in [0.15, 0.2) is 0 Å². The highest BCUT2D eigenvalue weighted by atomic mass is 79.9. The van der Waals surface area contributed by atoms with Crippen molar-refractivity contribution in [1.82, 2.24) is 0 Å². The smallest absolute Gasteiger partial charge is 0.124 e. The van der Waals surface area contributed by atoms with Crippen molar-refractivity contribution >= 4 is 21.6 Å². The first-order valence-corrected chi connectivity index (χ1v) is 5.91. The number of nitrogens with zero attached hydrogens (tertiary/aromatic N) is 1. The standard InChI is InChI=1S/C11H14BrFN2/c12-10-6-8(13)3-4-11(10)15-5-1-2-9(14)7-15/h3-4,6,9H,1-2,5,7,14H2. The zero-order chi connectivity index (χ0) is 10.8. The third kappa shape index (κ3) is 2.49. The molecule has 0 bridgehead atoms. The summed E-state index contributed by atoms with van der Waals surface area (Å²) in [6.07, 6.45) is 2.18. The first-order valence-electron chi connectivity index (χ1n) is 5.12. The molecular weight excluding hydrogens is 259 g/mol. The Hall–Kier alpha value is -0.610. The van der Waals surface area contributed by atoms with Gasteiger partial charge in [0.25, 0.3) is 0 Å². The maximum atomic E-state index is 12.9. The molecule has 15 heavy (non-hydrogen) atoms. The van der Waals surface area contributed by atoms with Crippen LogP contribution in [0.15, 0.2) is 22.7 Å². The van der Waals surface area contributed by atoms with E-state index < -0.39 is 0 Å². The van der Waals surface area contributed by atoms with Crippen molar-refractivity contribution in [3.8, 4) is 0 Å². The normalized spacial score (nSPS) is 21.8. The minimum Gasteiger partial charge on any atom is -0.369 e. The summed E-state index contributed by atoms with van der Waals surface area (Å²) < 4.78 is 13.7. The van der Waals surface area contributed by atoms with Gasteiger partial charge in [-0.15, -0.1) is 0 Å². The van der Waals surface area contributed by atoms with Crippen LogP contribution in [-0.4, -0.2) is 19.1 Å². The number of rotatable bonds is 1. The molecule has 1 aromatic carbocycles. The second-order valence-corrected chi connectivity index (χ2v) is 4.80. The molecule has 1 atom stereocenters. The Labute approximate surface area is 97.4 Å². The topological polar surface area (TPSA) is 29.3 Å². The van der Waals surface area contributed by atoms with Crippen molar-refractivity contribution in [3.63, 3.8) is 0 Å². The Bertz CT molecular complexity index is 356. The Morgan fingerprint density at radius 2 is 2.27 bits per heavy atom. The zero-order valence-corrected chi connectivity index (χ0v) is 10.0. The molecule has 2 nitrogen and oxygen atoms in total. The Balaban J connectivity index is 2.21. The molecule has 0 aliphatic carbocycles. The van der Waals surface area contributed by atoms with Crippen LogP contribution in [0.5, 0.6) is 0 Å². The number of piperidine rings is 1. The van der Waals surface area contributed by atoms with Crippen LogP contribution in [0, 0.1) is 5.82 Å². The Kier molecular flexibility index (Phi) is 3.26. The van der Waals surface area contributed by atoms with E-state index >= 15 is 0 Å². The molecule has 1 aromatic rings. The highest BCUT2D eigenvalue weighted by Gasteiger charge is 2.18. The number of halogens is 2. The number of benzene rings is 1. The molecule has 82 valence electrons. The molecule has 4 heteroatoms. The van der Waals surface area contributed by atoms with E-state index in [9.17, 15) is 4.39 Å². The number of hydrogen-bond acceptors (Lipinski definition) is 2. The van der Waals surface area contributed by atoms with Crippen molar-refractivity contribution in [3.05, 3.63) is 28.5 Å². The van der Waals surface area contributed by atoms with E-state index in [1.165, 1.54) is 12.1 Å². The van der Waals surface area contributed by atoms with E-state index in [1.54, 1.807) is 6.07 Å². The molecule has 1 fully saturated rings. The third-order valence-electron chi connectivity index (χ3n) is 2.71. The lowest BCUT2D eigenvalue weighted by Gasteiger charge is -2.33. The SMILES string of the molecule is NC1CCCN(c2ccc(F)cc2Br)C1. The molecule has 1 saturated heterocycles. The van der Waals surface area contributed by atoms with Crippen molar-refractivity contribution < 1.29 is 4.39 Å². The highest BCUT2D eigenvalue weighted by molar-refractivity contribution is 9.10. The summed E-state index contributed by atoms with van der Waals surface area (Å²) in [5, 5.41) is 0. The van der Waals surface area contributed by atoms with Gasteiger partial charge in [0, 0.05) is 23.6 Å².